The molecule has 2 rings (SSSR count). The number of aliphatic imine (C=N–C) groups is 1. The van der Waals surface area contributed by atoms with Gasteiger partial charge in [0.05, 0.1) is 0 Å². The molecule has 0 atom stereocenters. The van der Waals surface area contributed by atoms with Crippen molar-refractivity contribution in [2.75, 3.05) is 27.2 Å². The van der Waals surface area contributed by atoms with Crippen molar-refractivity contribution in [3.63, 3.8) is 0 Å². The molecule has 18 heavy (non-hydrogen) atoms. The molecule has 2 aliphatic carbocycles. The van der Waals surface area contributed by atoms with Crippen LogP contribution in [0.1, 0.15) is 45.4 Å². The number of guanidine groups is 1. The van der Waals surface area contributed by atoms with Crippen molar-refractivity contribution in [1.82, 2.24) is 10.2 Å². The molecule has 0 unspecified atom stereocenters. The van der Waals surface area contributed by atoms with Gasteiger partial charge in [0.15, 0.2) is 5.96 Å². The van der Waals surface area contributed by atoms with Crippen molar-refractivity contribution in [3.8, 4) is 0 Å². The Morgan fingerprint density at radius 2 is 1.72 bits per heavy atom. The summed E-state index contributed by atoms with van der Waals surface area (Å²) in [5.41, 5.74) is 0. The molecule has 3 heteroatoms. The van der Waals surface area contributed by atoms with Gasteiger partial charge in [0, 0.05) is 27.2 Å². The highest BCUT2D eigenvalue weighted by Crippen LogP contribution is 2.29. The van der Waals surface area contributed by atoms with Crippen molar-refractivity contribution >= 4 is 5.96 Å². The zero-order chi connectivity index (χ0) is 13.0. The van der Waals surface area contributed by atoms with Gasteiger partial charge >= 0.3 is 0 Å². The summed E-state index contributed by atoms with van der Waals surface area (Å²) in [4.78, 5) is 6.72. The predicted octanol–water partition coefficient (Wildman–Crippen LogP) is 2.73. The summed E-state index contributed by atoms with van der Waals surface area (Å²) in [5.74, 6) is 3.80. The minimum Gasteiger partial charge on any atom is -0.356 e. The first-order valence-corrected chi connectivity index (χ1v) is 7.60. The van der Waals surface area contributed by atoms with E-state index in [0.717, 1.165) is 36.8 Å². The Labute approximate surface area is 112 Å². The number of hydrogen-bond acceptors (Lipinski definition) is 1. The molecule has 104 valence electrons. The lowest BCUT2D eigenvalue weighted by atomic mass is 9.83. The summed E-state index contributed by atoms with van der Waals surface area (Å²) in [6.07, 6.45) is 8.40. The fourth-order valence-electron chi connectivity index (χ4n) is 2.93. The van der Waals surface area contributed by atoms with Crippen molar-refractivity contribution < 1.29 is 0 Å². The van der Waals surface area contributed by atoms with Crippen LogP contribution >= 0.6 is 0 Å². The van der Waals surface area contributed by atoms with Gasteiger partial charge in [-0.15, -0.1) is 0 Å². The zero-order valence-corrected chi connectivity index (χ0v) is 12.3. The van der Waals surface area contributed by atoms with Gasteiger partial charge < -0.3 is 10.2 Å². The van der Waals surface area contributed by atoms with Crippen LogP contribution in [0.25, 0.3) is 0 Å². The van der Waals surface area contributed by atoms with Gasteiger partial charge in [-0.05, 0) is 43.4 Å². The summed E-state index contributed by atoms with van der Waals surface area (Å²) in [7, 11) is 4.08. The molecule has 0 aromatic carbocycles. The molecule has 0 heterocycles. The molecular formula is C15H29N3. The van der Waals surface area contributed by atoms with E-state index in [4.69, 9.17) is 0 Å². The van der Waals surface area contributed by atoms with Crippen molar-refractivity contribution in [2.45, 2.75) is 45.4 Å². The summed E-state index contributed by atoms with van der Waals surface area (Å²) < 4.78 is 0. The number of hydrogen-bond donors (Lipinski definition) is 1. The van der Waals surface area contributed by atoms with Gasteiger partial charge in [0.25, 0.3) is 0 Å². The van der Waals surface area contributed by atoms with Crippen LogP contribution in [0, 0.1) is 17.8 Å². The van der Waals surface area contributed by atoms with E-state index in [1.54, 1.807) is 0 Å². The monoisotopic (exact) mass is 251 g/mol. The Hall–Kier alpha value is -0.730. The van der Waals surface area contributed by atoms with Crippen LogP contribution in [0.2, 0.25) is 0 Å². The molecule has 0 amide bonds. The minimum atomic E-state index is 0.866. The van der Waals surface area contributed by atoms with Gasteiger partial charge in [-0.3, -0.25) is 4.99 Å². The van der Waals surface area contributed by atoms with Crippen LogP contribution in [0.15, 0.2) is 4.99 Å². The molecule has 0 saturated heterocycles. The van der Waals surface area contributed by atoms with Crippen LogP contribution in [0.4, 0.5) is 0 Å². The molecular weight excluding hydrogens is 222 g/mol. The van der Waals surface area contributed by atoms with E-state index in [0.29, 0.717) is 0 Å². The van der Waals surface area contributed by atoms with Crippen LogP contribution in [0.5, 0.6) is 0 Å². The third kappa shape index (κ3) is 4.18. The van der Waals surface area contributed by atoms with Gasteiger partial charge in [-0.25, -0.2) is 0 Å². The van der Waals surface area contributed by atoms with E-state index in [1.165, 1.54) is 38.5 Å². The lowest BCUT2D eigenvalue weighted by Crippen LogP contribution is -2.42. The lowest BCUT2D eigenvalue weighted by Gasteiger charge is -2.31. The molecule has 2 fully saturated rings. The maximum absolute atomic E-state index is 4.40. The standard InChI is InChI=1S/C15H29N3/c1-12-4-6-14(7-5-12)11-18(3)15(16-2)17-10-13-8-9-13/h12-14H,4-11H2,1-3H3,(H,16,17). The first-order chi connectivity index (χ1) is 8.69. The molecule has 3 nitrogen and oxygen atoms in total. The predicted molar refractivity (Wildman–Crippen MR) is 77.8 cm³/mol. The average molecular weight is 251 g/mol. The second kappa shape index (κ2) is 6.44. The van der Waals surface area contributed by atoms with Gasteiger partial charge in [0.1, 0.15) is 0 Å². The summed E-state index contributed by atoms with van der Waals surface area (Å²) in [6, 6.07) is 0. The van der Waals surface area contributed by atoms with Gasteiger partial charge in [0.2, 0.25) is 0 Å². The second-order valence-corrected chi connectivity index (χ2v) is 6.38. The fourth-order valence-corrected chi connectivity index (χ4v) is 2.93. The van der Waals surface area contributed by atoms with Crippen molar-refractivity contribution in [3.05, 3.63) is 0 Å². The van der Waals surface area contributed by atoms with E-state index in [9.17, 15) is 0 Å². The van der Waals surface area contributed by atoms with Gasteiger partial charge in [-0.1, -0.05) is 19.8 Å². The Kier molecular flexibility index (Phi) is 4.90. The van der Waals surface area contributed by atoms with E-state index >= 15 is 0 Å². The molecule has 0 bridgehead atoms. The Bertz CT molecular complexity index is 275. The van der Waals surface area contributed by atoms with Crippen molar-refractivity contribution in [1.29, 1.82) is 0 Å². The first kappa shape index (κ1) is 13.7. The third-order valence-electron chi connectivity index (χ3n) is 4.49. The Morgan fingerprint density at radius 3 is 2.28 bits per heavy atom. The molecule has 2 saturated carbocycles. The maximum Gasteiger partial charge on any atom is 0.193 e. The summed E-state index contributed by atoms with van der Waals surface area (Å²) in [5, 5.41) is 3.51. The van der Waals surface area contributed by atoms with Crippen LogP contribution < -0.4 is 5.32 Å². The van der Waals surface area contributed by atoms with Crippen molar-refractivity contribution in [2.24, 2.45) is 22.7 Å². The van der Waals surface area contributed by atoms with E-state index in [2.05, 4.69) is 29.2 Å². The highest BCUT2D eigenvalue weighted by Gasteiger charge is 2.23. The van der Waals surface area contributed by atoms with E-state index < -0.39 is 0 Å². The summed E-state index contributed by atoms with van der Waals surface area (Å²) >= 11 is 0. The Morgan fingerprint density at radius 1 is 1.11 bits per heavy atom. The smallest absolute Gasteiger partial charge is 0.193 e. The normalized spacial score (nSPS) is 29.2. The minimum absolute atomic E-state index is 0.866. The Balaban J connectivity index is 1.72. The molecule has 0 aliphatic heterocycles. The summed E-state index contributed by atoms with van der Waals surface area (Å²) in [6.45, 7) is 4.66. The molecule has 2 aliphatic rings. The van der Waals surface area contributed by atoms with E-state index in [1.807, 2.05) is 7.05 Å². The van der Waals surface area contributed by atoms with Crippen LogP contribution in [0.3, 0.4) is 0 Å². The fraction of sp³-hybridized carbons (Fsp3) is 0.933. The molecule has 0 spiro atoms. The highest BCUT2D eigenvalue weighted by atomic mass is 15.3. The van der Waals surface area contributed by atoms with Crippen LogP contribution in [-0.2, 0) is 0 Å². The maximum atomic E-state index is 4.40. The quantitative estimate of drug-likeness (QED) is 0.614. The second-order valence-electron chi connectivity index (χ2n) is 6.38. The number of nitrogens with one attached hydrogen (secondary N) is 1. The van der Waals surface area contributed by atoms with Gasteiger partial charge in [-0.2, -0.15) is 0 Å². The molecule has 0 aromatic heterocycles. The lowest BCUT2D eigenvalue weighted by molar-refractivity contribution is 0.250. The average Bonchev–Trinajstić information content (AvgIpc) is 3.17. The number of nitrogens with zero attached hydrogens (tertiary/aromatic N) is 2. The molecule has 0 radical (unpaired) electrons. The zero-order valence-electron chi connectivity index (χ0n) is 12.3. The third-order valence-corrected chi connectivity index (χ3v) is 4.49. The topological polar surface area (TPSA) is 27.6 Å². The molecule has 1 N–H and O–H groups in total. The first-order valence-electron chi connectivity index (χ1n) is 7.60. The largest absolute Gasteiger partial charge is 0.356 e. The van der Waals surface area contributed by atoms with E-state index in [-0.39, 0.29) is 0 Å². The molecule has 0 aromatic rings. The van der Waals surface area contributed by atoms with Crippen LogP contribution in [-0.4, -0.2) is 38.0 Å². The highest BCUT2D eigenvalue weighted by molar-refractivity contribution is 5.79. The number of rotatable bonds is 4. The SMILES string of the molecule is CN=C(NCC1CC1)N(C)CC1CCC(C)CC1.